The van der Waals surface area contributed by atoms with Gasteiger partial charge in [-0.3, -0.25) is 9.59 Å². The molecule has 2 unspecified atom stereocenters. The van der Waals surface area contributed by atoms with Crippen molar-refractivity contribution in [3.05, 3.63) is 24.3 Å². The summed E-state index contributed by atoms with van der Waals surface area (Å²) in [6.45, 7) is 4.95. The molecule has 0 radical (unpaired) electrons. The van der Waals surface area contributed by atoms with E-state index in [1.165, 1.54) is 334 Å². The summed E-state index contributed by atoms with van der Waals surface area (Å²) in [5, 5.41) is 23.2. The van der Waals surface area contributed by atoms with Crippen molar-refractivity contribution in [2.24, 2.45) is 0 Å². The van der Waals surface area contributed by atoms with Gasteiger partial charge < -0.3 is 20.3 Å². The second kappa shape index (κ2) is 67.8. The highest BCUT2D eigenvalue weighted by Crippen LogP contribution is 2.19. The second-order valence-corrected chi connectivity index (χ2v) is 24.6. The predicted molar refractivity (Wildman–Crippen MR) is 343 cm³/mol. The summed E-state index contributed by atoms with van der Waals surface area (Å²) in [5.74, 6) is -0.0464. The first kappa shape index (κ1) is 76.3. The largest absolute Gasteiger partial charge is 0.466 e. The molecule has 6 heteroatoms. The average Bonchev–Trinajstić information content (AvgIpc) is 3.44. The van der Waals surface area contributed by atoms with Crippen LogP contribution in [0.5, 0.6) is 0 Å². The number of aliphatic hydroxyl groups excluding tert-OH is 2. The van der Waals surface area contributed by atoms with Crippen LogP contribution in [-0.4, -0.2) is 47.4 Å². The molecule has 0 spiro atoms. The van der Waals surface area contributed by atoms with Crippen LogP contribution >= 0.6 is 0 Å². The van der Waals surface area contributed by atoms with Gasteiger partial charge in [-0.05, 0) is 57.8 Å². The molecule has 0 aliphatic heterocycles. The van der Waals surface area contributed by atoms with Gasteiger partial charge in [-0.2, -0.15) is 0 Å². The highest BCUT2D eigenvalue weighted by molar-refractivity contribution is 5.76. The number of hydrogen-bond acceptors (Lipinski definition) is 5. The topological polar surface area (TPSA) is 95.9 Å². The number of aliphatic hydroxyl groups is 2. The molecule has 0 bridgehead atoms. The Balaban J connectivity index is 3.39. The normalized spacial score (nSPS) is 12.6. The molecule has 0 heterocycles. The van der Waals surface area contributed by atoms with E-state index in [0.29, 0.717) is 19.4 Å². The summed E-state index contributed by atoms with van der Waals surface area (Å²) in [7, 11) is 0. The third-order valence-corrected chi connectivity index (χ3v) is 16.7. The van der Waals surface area contributed by atoms with E-state index in [4.69, 9.17) is 4.74 Å². The zero-order valence-electron chi connectivity index (χ0n) is 52.9. The smallest absolute Gasteiger partial charge is 0.305 e. The van der Waals surface area contributed by atoms with Crippen molar-refractivity contribution in [1.29, 1.82) is 0 Å². The van der Waals surface area contributed by atoms with Gasteiger partial charge in [-0.25, -0.2) is 0 Å². The van der Waals surface area contributed by atoms with Crippen LogP contribution in [0.1, 0.15) is 399 Å². The Labute approximate surface area is 488 Å². The van der Waals surface area contributed by atoms with E-state index >= 15 is 0 Å². The summed E-state index contributed by atoms with van der Waals surface area (Å²) >= 11 is 0. The van der Waals surface area contributed by atoms with Crippen LogP contribution < -0.4 is 5.32 Å². The van der Waals surface area contributed by atoms with E-state index in [9.17, 15) is 19.8 Å². The van der Waals surface area contributed by atoms with E-state index in [2.05, 4.69) is 31.3 Å². The molecule has 0 aromatic carbocycles. The Morgan fingerprint density at radius 1 is 0.346 bits per heavy atom. The number of nitrogens with one attached hydrogen (secondary N) is 1. The summed E-state index contributed by atoms with van der Waals surface area (Å²) in [5.41, 5.74) is 0. The van der Waals surface area contributed by atoms with Gasteiger partial charge in [0, 0.05) is 12.8 Å². The molecule has 0 aliphatic carbocycles. The van der Waals surface area contributed by atoms with Crippen molar-refractivity contribution in [3.8, 4) is 0 Å². The van der Waals surface area contributed by atoms with Crippen molar-refractivity contribution in [3.63, 3.8) is 0 Å². The lowest BCUT2D eigenvalue weighted by Gasteiger charge is -2.20. The Morgan fingerprint density at radius 3 is 0.910 bits per heavy atom. The van der Waals surface area contributed by atoms with Crippen molar-refractivity contribution in [1.82, 2.24) is 5.32 Å². The third-order valence-electron chi connectivity index (χ3n) is 16.7. The molecule has 1 amide bonds. The van der Waals surface area contributed by atoms with Gasteiger partial charge in [0.2, 0.25) is 5.91 Å². The minimum absolute atomic E-state index is 0.0189. The molecule has 78 heavy (non-hydrogen) atoms. The van der Waals surface area contributed by atoms with Crippen molar-refractivity contribution < 1.29 is 24.5 Å². The monoisotopic (exact) mass is 1100 g/mol. The average molecular weight is 1100 g/mol. The lowest BCUT2D eigenvalue weighted by Crippen LogP contribution is -2.45. The third kappa shape index (κ3) is 63.5. The fraction of sp³-hybridized carbons (Fsp3) is 0.917. The van der Waals surface area contributed by atoms with Gasteiger partial charge in [-0.1, -0.05) is 353 Å². The molecule has 6 nitrogen and oxygen atoms in total. The van der Waals surface area contributed by atoms with Gasteiger partial charge in [0.25, 0.3) is 0 Å². The van der Waals surface area contributed by atoms with Gasteiger partial charge in [-0.15, -0.1) is 0 Å². The van der Waals surface area contributed by atoms with Crippen molar-refractivity contribution >= 4 is 11.9 Å². The number of amides is 1. The molecule has 462 valence electrons. The maximum absolute atomic E-state index is 12.5. The van der Waals surface area contributed by atoms with E-state index < -0.39 is 12.1 Å². The Morgan fingerprint density at radius 2 is 0.603 bits per heavy atom. The Hall–Kier alpha value is -1.66. The molecule has 0 saturated heterocycles. The first-order valence-corrected chi connectivity index (χ1v) is 35.6. The first-order chi connectivity index (χ1) is 38.5. The highest BCUT2D eigenvalue weighted by Gasteiger charge is 2.18. The summed E-state index contributed by atoms with van der Waals surface area (Å²) in [6, 6.07) is -0.629. The van der Waals surface area contributed by atoms with Gasteiger partial charge in [0.05, 0.1) is 25.4 Å². The number of esters is 1. The predicted octanol–water partition coefficient (Wildman–Crippen LogP) is 22.9. The van der Waals surface area contributed by atoms with Gasteiger partial charge in [0.15, 0.2) is 0 Å². The summed E-state index contributed by atoms with van der Waals surface area (Å²) < 4.78 is 5.50. The SMILES string of the molecule is CCCCCCCCCCCCCCCCCC/C=C/C(O)C(CO)NC(=O)CCCCCCCCCCCCC/C=C\CCCCCCCCCCCCCCOC(=O)CCCCCCCCCCCCCCCCCC. The summed E-state index contributed by atoms with van der Waals surface area (Å²) in [6.07, 6.45) is 85.4. The number of ether oxygens (including phenoxy) is 1. The summed E-state index contributed by atoms with van der Waals surface area (Å²) in [4.78, 5) is 24.6. The van der Waals surface area contributed by atoms with Gasteiger partial charge in [0.1, 0.15) is 0 Å². The van der Waals surface area contributed by atoms with E-state index in [0.717, 1.165) is 38.5 Å². The molecule has 0 aliphatic rings. The zero-order chi connectivity index (χ0) is 56.4. The quantitative estimate of drug-likeness (QED) is 0.0320. The van der Waals surface area contributed by atoms with Crippen molar-refractivity contribution in [2.75, 3.05) is 13.2 Å². The fourth-order valence-electron chi connectivity index (χ4n) is 11.3. The maximum Gasteiger partial charge on any atom is 0.305 e. The number of rotatable bonds is 67. The van der Waals surface area contributed by atoms with Crippen LogP contribution in [-0.2, 0) is 14.3 Å². The fourth-order valence-corrected chi connectivity index (χ4v) is 11.3. The molecule has 0 rings (SSSR count). The molecule has 2 atom stereocenters. The molecule has 3 N–H and O–H groups in total. The van der Waals surface area contributed by atoms with Crippen LogP contribution in [0.15, 0.2) is 24.3 Å². The molecule has 0 fully saturated rings. The van der Waals surface area contributed by atoms with Crippen LogP contribution in [0.4, 0.5) is 0 Å². The van der Waals surface area contributed by atoms with E-state index in [1.54, 1.807) is 6.08 Å². The van der Waals surface area contributed by atoms with E-state index in [1.807, 2.05) is 6.08 Å². The number of allylic oxidation sites excluding steroid dienone is 3. The number of unbranched alkanes of at least 4 members (excludes halogenated alkanes) is 54. The van der Waals surface area contributed by atoms with E-state index in [-0.39, 0.29) is 18.5 Å². The maximum atomic E-state index is 12.5. The minimum atomic E-state index is -0.845. The van der Waals surface area contributed by atoms with Gasteiger partial charge >= 0.3 is 5.97 Å². The van der Waals surface area contributed by atoms with Crippen LogP contribution in [0.3, 0.4) is 0 Å². The van der Waals surface area contributed by atoms with Crippen molar-refractivity contribution in [2.45, 2.75) is 411 Å². The lowest BCUT2D eigenvalue weighted by atomic mass is 10.0. The first-order valence-electron chi connectivity index (χ1n) is 35.6. The zero-order valence-corrected chi connectivity index (χ0v) is 52.9. The molecule has 0 aromatic rings. The molecule has 0 saturated carbocycles. The number of carbonyl (C=O) groups is 2. The van der Waals surface area contributed by atoms with Crippen LogP contribution in [0.2, 0.25) is 0 Å². The standard InChI is InChI=1S/C72H139NO5/c1-3-5-7-9-11-13-15-17-19-21-33-36-40-44-48-52-56-60-64-70(75)69(68-74)73-71(76)65-61-57-53-49-45-41-37-34-31-29-27-25-23-22-24-26-28-30-32-35-39-43-47-51-55-59-63-67-78-72(77)66-62-58-54-50-46-42-38-20-18-16-14-12-10-8-6-4-2/h22-23,60,64,69-70,74-75H,3-21,24-59,61-63,65-68H2,1-2H3,(H,73,76)/b23-22-,64-60+. The molecule has 0 aromatic heterocycles. The lowest BCUT2D eigenvalue weighted by molar-refractivity contribution is -0.143. The van der Waals surface area contributed by atoms with Crippen LogP contribution in [0, 0.1) is 0 Å². The van der Waals surface area contributed by atoms with Crippen LogP contribution in [0.25, 0.3) is 0 Å². The number of carbonyl (C=O) groups excluding carboxylic acids is 2. The Kier molecular flexibility index (Phi) is 66.4. The number of hydrogen-bond donors (Lipinski definition) is 3. The molecular formula is C72H139NO5. The second-order valence-electron chi connectivity index (χ2n) is 24.6. The minimum Gasteiger partial charge on any atom is -0.466 e. The highest BCUT2D eigenvalue weighted by atomic mass is 16.5. The molecular weight excluding hydrogens is 959 g/mol. The Bertz CT molecular complexity index is 1220.